The Balaban J connectivity index is 2.03. The predicted octanol–water partition coefficient (Wildman–Crippen LogP) is 3.62. The van der Waals surface area contributed by atoms with Crippen molar-refractivity contribution in [1.29, 1.82) is 5.26 Å². The van der Waals surface area contributed by atoms with Gasteiger partial charge < -0.3 is 5.32 Å². The Morgan fingerprint density at radius 1 is 1.26 bits per heavy atom. The molecule has 0 bridgehead atoms. The molecule has 0 amide bonds. The maximum absolute atomic E-state index is 8.90. The van der Waals surface area contributed by atoms with Crippen LogP contribution in [0.4, 0.5) is 11.5 Å². The lowest BCUT2D eigenvalue weighted by Gasteiger charge is -2.06. The molecule has 3 rings (SSSR count). The average molecular weight is 266 g/mol. The van der Waals surface area contributed by atoms with Crippen LogP contribution in [0.15, 0.2) is 36.7 Å². The standard InChI is InChI=1S/C14H10N4S/c1-9-5-12-13(16-8-17-14(12)19-9)18-11-4-2-3-10(6-11)7-15/h2-6,8H,1H3,(H,16,17,18). The molecule has 0 fully saturated rings. The van der Waals surface area contributed by atoms with Crippen molar-refractivity contribution in [3.05, 3.63) is 47.1 Å². The molecular formula is C14H10N4S. The number of nitrogens with one attached hydrogen (secondary N) is 1. The van der Waals surface area contributed by atoms with Gasteiger partial charge in [0.2, 0.25) is 0 Å². The van der Waals surface area contributed by atoms with E-state index in [4.69, 9.17) is 5.26 Å². The fourth-order valence-electron chi connectivity index (χ4n) is 1.88. The van der Waals surface area contributed by atoms with Gasteiger partial charge in [0.1, 0.15) is 17.0 Å². The summed E-state index contributed by atoms with van der Waals surface area (Å²) in [4.78, 5) is 10.7. The van der Waals surface area contributed by atoms with Crippen LogP contribution in [0.1, 0.15) is 10.4 Å². The Labute approximate surface area is 114 Å². The van der Waals surface area contributed by atoms with Crippen molar-refractivity contribution in [1.82, 2.24) is 9.97 Å². The Morgan fingerprint density at radius 2 is 2.16 bits per heavy atom. The van der Waals surface area contributed by atoms with Crippen LogP contribution >= 0.6 is 11.3 Å². The van der Waals surface area contributed by atoms with Gasteiger partial charge in [-0.2, -0.15) is 5.26 Å². The zero-order valence-corrected chi connectivity index (χ0v) is 11.0. The number of fused-ring (bicyclic) bond motifs is 1. The summed E-state index contributed by atoms with van der Waals surface area (Å²) in [6.07, 6.45) is 1.55. The molecule has 2 heterocycles. The molecule has 0 aliphatic heterocycles. The van der Waals surface area contributed by atoms with E-state index in [2.05, 4.69) is 27.4 Å². The van der Waals surface area contributed by atoms with Gasteiger partial charge in [-0.15, -0.1) is 11.3 Å². The van der Waals surface area contributed by atoms with E-state index in [1.54, 1.807) is 29.8 Å². The van der Waals surface area contributed by atoms with E-state index >= 15 is 0 Å². The fraction of sp³-hybridized carbons (Fsp3) is 0.0714. The highest BCUT2D eigenvalue weighted by atomic mass is 32.1. The minimum absolute atomic E-state index is 0.622. The van der Waals surface area contributed by atoms with E-state index in [0.717, 1.165) is 21.7 Å². The first-order valence-electron chi connectivity index (χ1n) is 5.74. The van der Waals surface area contributed by atoms with E-state index in [1.807, 2.05) is 19.1 Å². The average Bonchev–Trinajstić information content (AvgIpc) is 2.80. The van der Waals surface area contributed by atoms with Crippen LogP contribution in [0.5, 0.6) is 0 Å². The molecule has 0 aliphatic carbocycles. The molecule has 1 aromatic carbocycles. The Bertz CT molecular complexity index is 785. The number of rotatable bonds is 2. The Kier molecular flexibility index (Phi) is 2.86. The third-order valence-corrected chi connectivity index (χ3v) is 3.67. The fourth-order valence-corrected chi connectivity index (χ4v) is 2.73. The van der Waals surface area contributed by atoms with Crippen LogP contribution in [0.25, 0.3) is 10.2 Å². The molecule has 0 atom stereocenters. The number of thiophene rings is 1. The van der Waals surface area contributed by atoms with Crippen LogP contribution in [0.2, 0.25) is 0 Å². The van der Waals surface area contributed by atoms with Crippen LogP contribution in [0, 0.1) is 18.3 Å². The first-order chi connectivity index (χ1) is 9.26. The number of aryl methyl sites for hydroxylation is 1. The van der Waals surface area contributed by atoms with E-state index in [0.29, 0.717) is 5.56 Å². The predicted molar refractivity (Wildman–Crippen MR) is 76.6 cm³/mol. The summed E-state index contributed by atoms with van der Waals surface area (Å²) in [6.45, 7) is 2.05. The molecule has 0 saturated heterocycles. The number of nitriles is 1. The van der Waals surface area contributed by atoms with Gasteiger partial charge in [0, 0.05) is 10.6 Å². The molecule has 3 aromatic rings. The molecule has 19 heavy (non-hydrogen) atoms. The van der Waals surface area contributed by atoms with E-state index in [-0.39, 0.29) is 0 Å². The van der Waals surface area contributed by atoms with Crippen LogP contribution in [-0.4, -0.2) is 9.97 Å². The zero-order valence-electron chi connectivity index (χ0n) is 10.2. The van der Waals surface area contributed by atoms with Gasteiger partial charge in [0.25, 0.3) is 0 Å². The van der Waals surface area contributed by atoms with Crippen molar-refractivity contribution in [3.63, 3.8) is 0 Å². The Hall–Kier alpha value is -2.45. The van der Waals surface area contributed by atoms with Crippen LogP contribution in [-0.2, 0) is 0 Å². The topological polar surface area (TPSA) is 61.6 Å². The van der Waals surface area contributed by atoms with Gasteiger partial charge >= 0.3 is 0 Å². The first-order valence-corrected chi connectivity index (χ1v) is 6.56. The van der Waals surface area contributed by atoms with Gasteiger partial charge in [0.15, 0.2) is 0 Å². The van der Waals surface area contributed by atoms with E-state index < -0.39 is 0 Å². The first kappa shape index (κ1) is 11.6. The van der Waals surface area contributed by atoms with Crippen molar-refractivity contribution >= 4 is 33.1 Å². The number of anilines is 2. The SMILES string of the molecule is Cc1cc2c(Nc3cccc(C#N)c3)ncnc2s1. The quantitative estimate of drug-likeness (QED) is 0.769. The normalized spacial score (nSPS) is 10.3. The molecule has 2 aromatic heterocycles. The molecular weight excluding hydrogens is 256 g/mol. The lowest BCUT2D eigenvalue weighted by Crippen LogP contribution is -1.94. The largest absolute Gasteiger partial charge is 0.340 e. The van der Waals surface area contributed by atoms with Gasteiger partial charge in [-0.3, -0.25) is 0 Å². The Morgan fingerprint density at radius 3 is 3.00 bits per heavy atom. The molecule has 5 heteroatoms. The smallest absolute Gasteiger partial charge is 0.142 e. The van der Waals surface area contributed by atoms with Gasteiger partial charge in [-0.1, -0.05) is 6.07 Å². The van der Waals surface area contributed by atoms with Crippen molar-refractivity contribution in [2.45, 2.75) is 6.92 Å². The molecule has 0 radical (unpaired) electrons. The molecule has 4 nitrogen and oxygen atoms in total. The number of hydrogen-bond acceptors (Lipinski definition) is 5. The molecule has 0 unspecified atom stereocenters. The molecule has 0 aliphatic rings. The van der Waals surface area contributed by atoms with E-state index in [1.165, 1.54) is 4.88 Å². The molecule has 92 valence electrons. The summed E-state index contributed by atoms with van der Waals surface area (Å²) in [5, 5.41) is 13.1. The summed E-state index contributed by atoms with van der Waals surface area (Å²) in [6, 6.07) is 11.5. The monoisotopic (exact) mass is 266 g/mol. The maximum atomic E-state index is 8.90. The summed E-state index contributed by atoms with van der Waals surface area (Å²) < 4.78 is 0. The molecule has 0 saturated carbocycles. The van der Waals surface area contributed by atoms with Crippen molar-refractivity contribution < 1.29 is 0 Å². The highest BCUT2D eigenvalue weighted by molar-refractivity contribution is 7.18. The van der Waals surface area contributed by atoms with Gasteiger partial charge in [-0.25, -0.2) is 9.97 Å². The zero-order chi connectivity index (χ0) is 13.2. The van der Waals surface area contributed by atoms with E-state index in [9.17, 15) is 0 Å². The van der Waals surface area contributed by atoms with Crippen molar-refractivity contribution in [2.75, 3.05) is 5.32 Å². The number of aromatic nitrogens is 2. The van der Waals surface area contributed by atoms with Crippen molar-refractivity contribution in [3.8, 4) is 6.07 Å². The highest BCUT2D eigenvalue weighted by Gasteiger charge is 2.07. The molecule has 0 spiro atoms. The summed E-state index contributed by atoms with van der Waals surface area (Å²) in [5.41, 5.74) is 1.47. The minimum Gasteiger partial charge on any atom is -0.340 e. The lowest BCUT2D eigenvalue weighted by molar-refractivity contribution is 1.23. The maximum Gasteiger partial charge on any atom is 0.142 e. The summed E-state index contributed by atoms with van der Waals surface area (Å²) in [5.74, 6) is 0.768. The third kappa shape index (κ3) is 2.26. The lowest BCUT2D eigenvalue weighted by atomic mass is 10.2. The molecule has 1 N–H and O–H groups in total. The van der Waals surface area contributed by atoms with Gasteiger partial charge in [0.05, 0.1) is 17.0 Å². The van der Waals surface area contributed by atoms with Crippen LogP contribution in [0.3, 0.4) is 0 Å². The summed E-state index contributed by atoms with van der Waals surface area (Å²) in [7, 11) is 0. The van der Waals surface area contributed by atoms with Crippen LogP contribution < -0.4 is 5.32 Å². The minimum atomic E-state index is 0.622. The van der Waals surface area contributed by atoms with Gasteiger partial charge in [-0.05, 0) is 31.2 Å². The second kappa shape index (κ2) is 4.67. The number of hydrogen-bond donors (Lipinski definition) is 1. The number of benzene rings is 1. The summed E-state index contributed by atoms with van der Waals surface area (Å²) >= 11 is 1.64. The third-order valence-electron chi connectivity index (χ3n) is 2.71. The highest BCUT2D eigenvalue weighted by Crippen LogP contribution is 2.29. The second-order valence-electron chi connectivity index (χ2n) is 4.12. The number of nitrogens with zero attached hydrogens (tertiary/aromatic N) is 3. The van der Waals surface area contributed by atoms with Crippen molar-refractivity contribution in [2.24, 2.45) is 0 Å². The second-order valence-corrected chi connectivity index (χ2v) is 5.35.